The van der Waals surface area contributed by atoms with Gasteiger partial charge in [-0.25, -0.2) is 19.9 Å². The summed E-state index contributed by atoms with van der Waals surface area (Å²) in [4.78, 5) is 33.0. The van der Waals surface area contributed by atoms with E-state index in [-0.39, 0.29) is 23.3 Å². The van der Waals surface area contributed by atoms with E-state index in [0.717, 1.165) is 36.3 Å². The Morgan fingerprint density at radius 3 is 2.91 bits per heavy atom. The Morgan fingerprint density at radius 2 is 2.12 bits per heavy atom. The van der Waals surface area contributed by atoms with E-state index in [4.69, 9.17) is 10.2 Å². The summed E-state index contributed by atoms with van der Waals surface area (Å²) >= 11 is 0. The largest absolute Gasteiger partial charge is 0.443 e. The first-order valence-corrected chi connectivity index (χ1v) is 11.0. The topological polar surface area (TPSA) is 127 Å². The van der Waals surface area contributed by atoms with Crippen LogP contribution in [0.1, 0.15) is 35.4 Å². The van der Waals surface area contributed by atoms with Gasteiger partial charge in [-0.05, 0) is 45.5 Å². The number of aromatic nitrogens is 5. The molecule has 0 radical (unpaired) electrons. The third-order valence-electron chi connectivity index (χ3n) is 6.16. The number of oxazole rings is 1. The van der Waals surface area contributed by atoms with E-state index >= 15 is 0 Å². The molecule has 5 rings (SSSR count). The van der Waals surface area contributed by atoms with Crippen LogP contribution in [0, 0.1) is 6.92 Å². The van der Waals surface area contributed by atoms with E-state index in [1.807, 2.05) is 29.7 Å². The highest BCUT2D eigenvalue weighted by atomic mass is 16.3. The molecule has 0 spiro atoms. The first-order valence-electron chi connectivity index (χ1n) is 11.0. The predicted molar refractivity (Wildman–Crippen MR) is 123 cm³/mol. The Balaban J connectivity index is 1.52. The molecule has 4 aromatic rings. The molecule has 5 heterocycles. The lowest BCUT2D eigenvalue weighted by Gasteiger charge is -2.32. The number of aryl methyl sites for hydroxylation is 1. The number of anilines is 1. The molecule has 0 saturated carbocycles. The maximum absolute atomic E-state index is 13.1. The Hall–Kier alpha value is -3.79. The molecule has 4 aromatic heterocycles. The minimum atomic E-state index is -0.348. The van der Waals surface area contributed by atoms with Crippen LogP contribution in [0.2, 0.25) is 0 Å². The second-order valence-electron chi connectivity index (χ2n) is 8.38. The maximum atomic E-state index is 13.1. The number of carbonyl (C=O) groups is 1. The van der Waals surface area contributed by atoms with Gasteiger partial charge in [0, 0.05) is 36.2 Å². The van der Waals surface area contributed by atoms with Gasteiger partial charge in [0.2, 0.25) is 5.89 Å². The lowest BCUT2D eigenvalue weighted by Crippen LogP contribution is -2.44. The van der Waals surface area contributed by atoms with Crippen LogP contribution >= 0.6 is 0 Å². The summed E-state index contributed by atoms with van der Waals surface area (Å²) in [6, 6.07) is 4.07. The van der Waals surface area contributed by atoms with Crippen LogP contribution in [0.15, 0.2) is 41.4 Å². The Labute approximate surface area is 190 Å². The molecule has 1 atom stereocenters. The van der Waals surface area contributed by atoms with Gasteiger partial charge in [0.05, 0.1) is 6.20 Å². The van der Waals surface area contributed by atoms with Gasteiger partial charge in [-0.1, -0.05) is 6.42 Å². The summed E-state index contributed by atoms with van der Waals surface area (Å²) in [5.74, 6) is -0.0390. The average molecular weight is 447 g/mol. The highest BCUT2D eigenvalue weighted by Crippen LogP contribution is 2.30. The Morgan fingerprint density at radius 1 is 1.24 bits per heavy atom. The summed E-state index contributed by atoms with van der Waals surface area (Å²) in [6.45, 7) is 3.54. The van der Waals surface area contributed by atoms with Gasteiger partial charge >= 0.3 is 0 Å². The number of rotatable bonds is 5. The van der Waals surface area contributed by atoms with Crippen LogP contribution in [0.5, 0.6) is 0 Å². The first-order chi connectivity index (χ1) is 16.0. The van der Waals surface area contributed by atoms with Crippen molar-refractivity contribution in [2.24, 2.45) is 0 Å². The van der Waals surface area contributed by atoms with E-state index in [1.54, 1.807) is 6.20 Å². The molecule has 0 aliphatic carbocycles. The average Bonchev–Trinajstić information content (AvgIpc) is 3.48. The zero-order valence-electron chi connectivity index (χ0n) is 18.7. The molecule has 10 nitrogen and oxygen atoms in total. The number of pyridine rings is 1. The second kappa shape index (κ2) is 8.62. The summed E-state index contributed by atoms with van der Waals surface area (Å²) in [5, 5.41) is 2.99. The minimum absolute atomic E-state index is 0.0290. The van der Waals surface area contributed by atoms with Crippen molar-refractivity contribution in [2.75, 3.05) is 25.9 Å². The molecule has 1 aliphatic rings. The number of fused-ring (bicyclic) bond motifs is 1. The molecule has 1 amide bonds. The van der Waals surface area contributed by atoms with Crippen LogP contribution in [-0.2, 0) is 0 Å². The second-order valence-corrected chi connectivity index (χ2v) is 8.38. The summed E-state index contributed by atoms with van der Waals surface area (Å²) in [7, 11) is 2.08. The van der Waals surface area contributed by atoms with Crippen LogP contribution in [0.25, 0.3) is 28.5 Å². The number of amides is 1. The van der Waals surface area contributed by atoms with E-state index in [2.05, 4.69) is 37.2 Å². The van der Waals surface area contributed by atoms with Gasteiger partial charge in [0.25, 0.3) is 5.91 Å². The van der Waals surface area contributed by atoms with Gasteiger partial charge in [-0.2, -0.15) is 0 Å². The zero-order valence-corrected chi connectivity index (χ0v) is 18.7. The van der Waals surface area contributed by atoms with E-state index in [0.29, 0.717) is 24.0 Å². The Bertz CT molecular complexity index is 1300. The fraction of sp³-hybridized carbons (Fsp3) is 0.348. The molecule has 0 aromatic carbocycles. The number of nitrogens with two attached hydrogens (primary N) is 1. The highest BCUT2D eigenvalue weighted by molar-refractivity contribution is 5.97. The predicted octanol–water partition coefficient (Wildman–Crippen LogP) is 2.55. The van der Waals surface area contributed by atoms with Crippen molar-refractivity contribution in [3.63, 3.8) is 0 Å². The number of nitrogens with zero attached hydrogens (tertiary/aromatic N) is 6. The summed E-state index contributed by atoms with van der Waals surface area (Å²) in [5.41, 5.74) is 9.63. The minimum Gasteiger partial charge on any atom is -0.443 e. The lowest BCUT2D eigenvalue weighted by atomic mass is 10.0. The number of likely N-dealkylation sites (tertiary alicyclic amines) is 1. The SMILES string of the molecule is Cc1cnc2ccc(-c3nc(C(=O)NCC4CCCCN4C)c(N)nc3-c3ncco3)cn12. The number of hydrogen-bond acceptors (Lipinski definition) is 8. The van der Waals surface area contributed by atoms with Gasteiger partial charge in [-0.3, -0.25) is 4.79 Å². The number of carbonyl (C=O) groups excluding carboxylic acids is 1. The number of hydrogen-bond donors (Lipinski definition) is 2. The van der Waals surface area contributed by atoms with Crippen molar-refractivity contribution in [1.82, 2.24) is 34.6 Å². The summed E-state index contributed by atoms with van der Waals surface area (Å²) < 4.78 is 7.43. The third-order valence-corrected chi connectivity index (χ3v) is 6.16. The van der Waals surface area contributed by atoms with Crippen molar-refractivity contribution in [3.8, 4) is 22.8 Å². The highest BCUT2D eigenvalue weighted by Gasteiger charge is 2.24. The third kappa shape index (κ3) is 4.05. The molecule has 170 valence electrons. The van der Waals surface area contributed by atoms with Crippen molar-refractivity contribution in [2.45, 2.75) is 32.2 Å². The standard InChI is InChI=1S/C23H26N8O2/c1-14-11-26-17-7-6-15(13-31(14)17)18-19(23-25-8-10-33-23)29-21(24)20(28-18)22(32)27-12-16-5-3-4-9-30(16)2/h6-8,10-11,13,16H,3-5,9,12H2,1-2H3,(H2,24,29)(H,27,32). The quantitative estimate of drug-likeness (QED) is 0.479. The van der Waals surface area contributed by atoms with Crippen LogP contribution < -0.4 is 11.1 Å². The van der Waals surface area contributed by atoms with E-state index < -0.39 is 0 Å². The molecule has 10 heteroatoms. The monoisotopic (exact) mass is 446 g/mol. The van der Waals surface area contributed by atoms with Gasteiger partial charge in [-0.15, -0.1) is 0 Å². The molecule has 0 bridgehead atoms. The van der Waals surface area contributed by atoms with Crippen LogP contribution in [-0.4, -0.2) is 61.3 Å². The maximum Gasteiger partial charge on any atom is 0.273 e. The molecule has 1 aliphatic heterocycles. The van der Waals surface area contributed by atoms with Crippen molar-refractivity contribution < 1.29 is 9.21 Å². The van der Waals surface area contributed by atoms with Crippen molar-refractivity contribution in [1.29, 1.82) is 0 Å². The van der Waals surface area contributed by atoms with E-state index in [1.165, 1.54) is 18.9 Å². The van der Waals surface area contributed by atoms with Gasteiger partial charge < -0.3 is 24.8 Å². The number of imidazole rings is 1. The number of piperidine rings is 1. The molecular weight excluding hydrogens is 420 g/mol. The van der Waals surface area contributed by atoms with Gasteiger partial charge in [0.1, 0.15) is 17.6 Å². The fourth-order valence-corrected chi connectivity index (χ4v) is 4.24. The first kappa shape index (κ1) is 21.1. The van der Waals surface area contributed by atoms with Crippen LogP contribution in [0.4, 0.5) is 5.82 Å². The molecule has 1 unspecified atom stereocenters. The molecule has 3 N–H and O–H groups in total. The van der Waals surface area contributed by atoms with Gasteiger partial charge in [0.15, 0.2) is 17.2 Å². The van der Waals surface area contributed by atoms with Crippen molar-refractivity contribution in [3.05, 3.63) is 48.4 Å². The molecule has 1 fully saturated rings. The number of nitrogens with one attached hydrogen (secondary N) is 1. The normalized spacial score (nSPS) is 16.8. The van der Waals surface area contributed by atoms with Crippen molar-refractivity contribution >= 4 is 17.4 Å². The molecule has 33 heavy (non-hydrogen) atoms. The van der Waals surface area contributed by atoms with Crippen LogP contribution in [0.3, 0.4) is 0 Å². The Kier molecular flexibility index (Phi) is 5.51. The zero-order chi connectivity index (χ0) is 22.9. The number of likely N-dealkylation sites (N-methyl/N-ethyl adjacent to an activating group) is 1. The lowest BCUT2D eigenvalue weighted by molar-refractivity contribution is 0.0924. The summed E-state index contributed by atoms with van der Waals surface area (Å²) in [6.07, 6.45) is 10.1. The smallest absolute Gasteiger partial charge is 0.273 e. The molecule has 1 saturated heterocycles. The number of nitrogen functional groups attached to an aromatic ring is 1. The fourth-order valence-electron chi connectivity index (χ4n) is 4.24. The van der Waals surface area contributed by atoms with E-state index in [9.17, 15) is 4.79 Å². The molecular formula is C23H26N8O2.